The lowest BCUT2D eigenvalue weighted by Crippen LogP contribution is -2.44. The number of aryl methyl sites for hydroxylation is 1. The van der Waals surface area contributed by atoms with Crippen LogP contribution in [-0.4, -0.2) is 56.9 Å². The number of aromatic amines is 1. The van der Waals surface area contributed by atoms with E-state index in [0.29, 0.717) is 17.2 Å². The van der Waals surface area contributed by atoms with Gasteiger partial charge in [0, 0.05) is 25.7 Å². The van der Waals surface area contributed by atoms with Gasteiger partial charge in [0.2, 0.25) is 10.0 Å². The third-order valence-corrected chi connectivity index (χ3v) is 11.0. The van der Waals surface area contributed by atoms with Gasteiger partial charge in [-0.1, -0.05) is 26.0 Å². The van der Waals surface area contributed by atoms with E-state index in [0.717, 1.165) is 46.0 Å². The molecule has 1 atom stereocenters. The van der Waals surface area contributed by atoms with Crippen LogP contribution >= 0.6 is 23.5 Å². The molecular weight excluding hydrogens is 472 g/mol. The first-order valence-corrected chi connectivity index (χ1v) is 14.9. The Morgan fingerprint density at radius 3 is 2.52 bits per heavy atom. The number of H-pyrrole nitrogens is 1. The largest absolute Gasteiger partial charge is 0.342 e. The van der Waals surface area contributed by atoms with E-state index in [4.69, 9.17) is 0 Å². The third kappa shape index (κ3) is 5.58. The molecule has 3 aromatic rings. The number of benzene rings is 1. The minimum Gasteiger partial charge on any atom is -0.342 e. The predicted octanol–water partition coefficient (Wildman–Crippen LogP) is 5.09. The number of hydrogen-bond acceptors (Lipinski definition) is 6. The van der Waals surface area contributed by atoms with Crippen LogP contribution in [0.5, 0.6) is 0 Å². The maximum atomic E-state index is 13.5. The van der Waals surface area contributed by atoms with E-state index >= 15 is 0 Å². The monoisotopic (exact) mass is 504 g/mol. The van der Waals surface area contributed by atoms with Crippen molar-refractivity contribution in [3.63, 3.8) is 0 Å². The third-order valence-electron chi connectivity index (χ3n) is 5.91. The number of aromatic nitrogens is 3. The Kier molecular flexibility index (Phi) is 7.73. The summed E-state index contributed by atoms with van der Waals surface area (Å²) in [6.07, 6.45) is 4.43. The molecule has 3 heterocycles. The molecule has 0 amide bonds. The minimum absolute atomic E-state index is 0.0188. The molecule has 6 nitrogen and oxygen atoms in total. The molecule has 1 saturated heterocycles. The van der Waals surface area contributed by atoms with E-state index in [9.17, 15) is 8.42 Å². The number of nitrogens with one attached hydrogen (secondary N) is 1. The lowest BCUT2D eigenvalue weighted by Gasteiger charge is -2.36. The number of rotatable bonds is 8. The van der Waals surface area contributed by atoms with Gasteiger partial charge in [-0.05, 0) is 61.0 Å². The molecule has 1 aromatic carbocycles. The molecule has 0 saturated carbocycles. The van der Waals surface area contributed by atoms with Gasteiger partial charge in [-0.15, -0.1) is 23.5 Å². The quantitative estimate of drug-likeness (QED) is 0.460. The summed E-state index contributed by atoms with van der Waals surface area (Å²) in [5.74, 6) is 3.49. The Hall–Kier alpha value is -1.55. The van der Waals surface area contributed by atoms with Crippen LogP contribution in [0.25, 0.3) is 11.0 Å². The molecule has 1 aliphatic heterocycles. The maximum absolute atomic E-state index is 13.5. The van der Waals surface area contributed by atoms with Crippen molar-refractivity contribution in [3.8, 4) is 0 Å². The van der Waals surface area contributed by atoms with Crippen LogP contribution in [0.2, 0.25) is 0 Å². The number of sulfonamides is 1. The fourth-order valence-electron chi connectivity index (χ4n) is 4.20. The Labute approximate surface area is 205 Å². The minimum atomic E-state index is -3.58. The van der Waals surface area contributed by atoms with Crippen molar-refractivity contribution in [2.45, 2.75) is 55.6 Å². The van der Waals surface area contributed by atoms with E-state index < -0.39 is 10.0 Å². The highest BCUT2D eigenvalue weighted by molar-refractivity contribution is 8.17. The van der Waals surface area contributed by atoms with E-state index in [1.165, 1.54) is 6.42 Å². The molecule has 1 aliphatic rings. The summed E-state index contributed by atoms with van der Waals surface area (Å²) in [5, 5.41) is 0. The van der Waals surface area contributed by atoms with Crippen LogP contribution in [0.3, 0.4) is 0 Å². The van der Waals surface area contributed by atoms with Crippen LogP contribution in [-0.2, 0) is 16.4 Å². The smallest absolute Gasteiger partial charge is 0.243 e. The second kappa shape index (κ2) is 10.4. The number of fused-ring (bicyclic) bond motifs is 1. The highest BCUT2D eigenvalue weighted by Crippen LogP contribution is 2.38. The second-order valence-corrected chi connectivity index (χ2v) is 13.8. The SMILES string of the molecule is Cc1nc2c(Cc3ccc(S(=O)(=O)N(C)C(CC(C)C)C4SCCCS4)cc3)nccc2[nH]1. The van der Waals surface area contributed by atoms with Crippen LogP contribution in [0.1, 0.15) is 43.8 Å². The van der Waals surface area contributed by atoms with Gasteiger partial charge in [-0.25, -0.2) is 13.4 Å². The summed E-state index contributed by atoms with van der Waals surface area (Å²) in [6, 6.07) is 9.13. The van der Waals surface area contributed by atoms with Crippen molar-refractivity contribution >= 4 is 44.6 Å². The van der Waals surface area contributed by atoms with E-state index in [1.54, 1.807) is 29.7 Å². The zero-order valence-corrected chi connectivity index (χ0v) is 22.1. The lowest BCUT2D eigenvalue weighted by molar-refractivity contribution is 0.334. The van der Waals surface area contributed by atoms with E-state index in [-0.39, 0.29) is 10.6 Å². The van der Waals surface area contributed by atoms with Crippen molar-refractivity contribution < 1.29 is 8.42 Å². The molecule has 1 fully saturated rings. The van der Waals surface area contributed by atoms with Crippen molar-refractivity contribution in [2.24, 2.45) is 5.92 Å². The van der Waals surface area contributed by atoms with Gasteiger partial charge in [0.05, 0.1) is 20.7 Å². The molecule has 1 N–H and O–H groups in total. The Morgan fingerprint density at radius 1 is 1.15 bits per heavy atom. The zero-order chi connectivity index (χ0) is 23.6. The zero-order valence-electron chi connectivity index (χ0n) is 19.6. The average molecular weight is 505 g/mol. The van der Waals surface area contributed by atoms with E-state index in [1.807, 2.05) is 48.6 Å². The first kappa shape index (κ1) is 24.6. The van der Waals surface area contributed by atoms with Gasteiger partial charge in [0.15, 0.2) is 0 Å². The number of thioether (sulfide) groups is 2. The molecule has 0 aliphatic carbocycles. The van der Waals surface area contributed by atoms with Crippen molar-refractivity contribution in [2.75, 3.05) is 18.6 Å². The molecule has 2 aromatic heterocycles. The summed E-state index contributed by atoms with van der Waals surface area (Å²) in [6.45, 7) is 6.25. The number of pyridine rings is 1. The van der Waals surface area contributed by atoms with E-state index in [2.05, 4.69) is 28.8 Å². The summed E-state index contributed by atoms with van der Waals surface area (Å²) in [4.78, 5) is 12.6. The molecule has 9 heteroatoms. The van der Waals surface area contributed by atoms with Crippen LogP contribution < -0.4 is 0 Å². The molecule has 1 unspecified atom stereocenters. The summed E-state index contributed by atoms with van der Waals surface area (Å²) >= 11 is 3.80. The molecule has 178 valence electrons. The molecule has 4 rings (SSSR count). The average Bonchev–Trinajstić information content (AvgIpc) is 3.19. The van der Waals surface area contributed by atoms with Crippen LogP contribution in [0.4, 0.5) is 0 Å². The van der Waals surface area contributed by atoms with Crippen molar-refractivity contribution in [3.05, 3.63) is 53.6 Å². The first-order valence-electron chi connectivity index (χ1n) is 11.4. The number of imidazole rings is 1. The molecule has 33 heavy (non-hydrogen) atoms. The molecular formula is C24H32N4O2S3. The highest BCUT2D eigenvalue weighted by atomic mass is 32.2. The van der Waals surface area contributed by atoms with Gasteiger partial charge >= 0.3 is 0 Å². The fraction of sp³-hybridized carbons (Fsp3) is 0.500. The van der Waals surface area contributed by atoms with Gasteiger partial charge in [0.25, 0.3) is 0 Å². The van der Waals surface area contributed by atoms with Crippen LogP contribution in [0, 0.1) is 12.8 Å². The lowest BCUT2D eigenvalue weighted by atomic mass is 10.1. The van der Waals surface area contributed by atoms with Crippen molar-refractivity contribution in [1.29, 1.82) is 0 Å². The van der Waals surface area contributed by atoms with Gasteiger partial charge in [-0.3, -0.25) is 4.98 Å². The normalized spacial score (nSPS) is 16.7. The standard InChI is InChI=1S/C24H32N4O2S3/c1-16(2)14-22(24-31-12-5-13-32-24)28(4)33(29,30)19-8-6-18(7-9-19)15-21-23-20(10-11-25-21)26-17(3)27-23/h6-11,16,22,24H,5,12-15H2,1-4H3,(H,26,27). The highest BCUT2D eigenvalue weighted by Gasteiger charge is 2.35. The van der Waals surface area contributed by atoms with Crippen LogP contribution in [0.15, 0.2) is 41.4 Å². The first-order chi connectivity index (χ1) is 15.8. The summed E-state index contributed by atoms with van der Waals surface area (Å²) in [5.41, 5.74) is 3.72. The molecule has 0 radical (unpaired) electrons. The Balaban J connectivity index is 1.54. The van der Waals surface area contributed by atoms with Crippen molar-refractivity contribution in [1.82, 2.24) is 19.3 Å². The fourth-order valence-corrected chi connectivity index (χ4v) is 9.00. The Bertz CT molecular complexity index is 1190. The van der Waals surface area contributed by atoms with Gasteiger partial charge in [0.1, 0.15) is 11.3 Å². The topological polar surface area (TPSA) is 79.0 Å². The second-order valence-electron chi connectivity index (χ2n) is 8.98. The number of nitrogens with zero attached hydrogens (tertiary/aromatic N) is 3. The van der Waals surface area contributed by atoms with Gasteiger partial charge in [-0.2, -0.15) is 4.31 Å². The predicted molar refractivity (Wildman–Crippen MR) is 139 cm³/mol. The summed E-state index contributed by atoms with van der Waals surface area (Å²) in [7, 11) is -1.83. The van der Waals surface area contributed by atoms with Gasteiger partial charge < -0.3 is 4.98 Å². The Morgan fingerprint density at radius 2 is 1.85 bits per heavy atom. The number of hydrogen-bond donors (Lipinski definition) is 1. The molecule has 0 bridgehead atoms. The maximum Gasteiger partial charge on any atom is 0.243 e. The molecule has 0 spiro atoms. The summed E-state index contributed by atoms with van der Waals surface area (Å²) < 4.78 is 29.0.